The maximum atomic E-state index is 13.0. The molecule has 1 saturated heterocycles. The molecule has 9 heteroatoms. The van der Waals surface area contributed by atoms with Gasteiger partial charge in [0, 0.05) is 38.4 Å². The van der Waals surface area contributed by atoms with E-state index in [4.69, 9.17) is 9.84 Å². The molecule has 0 spiro atoms. The van der Waals surface area contributed by atoms with Crippen molar-refractivity contribution in [2.75, 3.05) is 45.9 Å². The second-order valence-corrected chi connectivity index (χ2v) is 10.2. The average molecular weight is 524 g/mol. The van der Waals surface area contributed by atoms with Crippen LogP contribution in [0.2, 0.25) is 0 Å². The number of rotatable bonds is 12. The quantitative estimate of drug-likeness (QED) is 0.380. The van der Waals surface area contributed by atoms with Gasteiger partial charge in [-0.25, -0.2) is 9.07 Å². The van der Waals surface area contributed by atoms with Crippen molar-refractivity contribution < 1.29 is 19.0 Å². The van der Waals surface area contributed by atoms with E-state index in [1.54, 1.807) is 12.1 Å². The second-order valence-electron chi connectivity index (χ2n) is 10.2. The van der Waals surface area contributed by atoms with E-state index in [0.717, 1.165) is 49.7 Å². The van der Waals surface area contributed by atoms with Gasteiger partial charge in [-0.05, 0) is 54.8 Å². The summed E-state index contributed by atoms with van der Waals surface area (Å²) in [5.41, 5.74) is 3.00. The lowest BCUT2D eigenvalue weighted by atomic mass is 10.1. The molecule has 1 aliphatic rings. The van der Waals surface area contributed by atoms with Gasteiger partial charge in [0.25, 0.3) is 0 Å². The third-order valence-electron chi connectivity index (χ3n) is 6.48. The van der Waals surface area contributed by atoms with Gasteiger partial charge in [0.1, 0.15) is 24.3 Å². The predicted molar refractivity (Wildman–Crippen MR) is 145 cm³/mol. The van der Waals surface area contributed by atoms with Crippen LogP contribution < -0.4 is 10.1 Å². The number of ether oxygens (including phenoxy) is 1. The second kappa shape index (κ2) is 13.5. The SMILES string of the molecule is CC(C)Cc1cc(CNC(=O)CN2CCN(CC(O)COc3ccc(F)cc3)CC2)nn1-c1ccccc1. The Morgan fingerprint density at radius 1 is 1.05 bits per heavy atom. The first-order chi connectivity index (χ1) is 18.4. The molecule has 0 saturated carbocycles. The molecule has 2 N–H and O–H groups in total. The van der Waals surface area contributed by atoms with Crippen LogP contribution in [-0.4, -0.2) is 82.6 Å². The molecule has 204 valence electrons. The molecule has 38 heavy (non-hydrogen) atoms. The molecular formula is C29H38FN5O3. The van der Waals surface area contributed by atoms with Gasteiger partial charge in [-0.1, -0.05) is 32.0 Å². The smallest absolute Gasteiger partial charge is 0.234 e. The Morgan fingerprint density at radius 3 is 2.42 bits per heavy atom. The molecule has 1 atom stereocenters. The van der Waals surface area contributed by atoms with E-state index in [2.05, 4.69) is 35.0 Å². The van der Waals surface area contributed by atoms with Crippen LogP contribution in [0.4, 0.5) is 4.39 Å². The minimum Gasteiger partial charge on any atom is -0.491 e. The molecule has 4 rings (SSSR count). The zero-order valence-corrected chi connectivity index (χ0v) is 22.2. The Morgan fingerprint density at radius 2 is 1.74 bits per heavy atom. The highest BCUT2D eigenvalue weighted by atomic mass is 19.1. The molecular weight excluding hydrogens is 485 g/mol. The molecule has 2 aromatic carbocycles. The van der Waals surface area contributed by atoms with Gasteiger partial charge in [0.05, 0.1) is 24.5 Å². The summed E-state index contributed by atoms with van der Waals surface area (Å²) in [4.78, 5) is 16.9. The van der Waals surface area contributed by atoms with Crippen molar-refractivity contribution in [2.24, 2.45) is 5.92 Å². The number of piperazine rings is 1. The van der Waals surface area contributed by atoms with Gasteiger partial charge in [0.15, 0.2) is 0 Å². The number of hydrogen-bond donors (Lipinski definition) is 2. The number of hydrogen-bond acceptors (Lipinski definition) is 6. The van der Waals surface area contributed by atoms with E-state index in [1.165, 1.54) is 12.1 Å². The summed E-state index contributed by atoms with van der Waals surface area (Å²) in [6, 6.07) is 17.9. The predicted octanol–water partition coefficient (Wildman–Crippen LogP) is 2.88. The molecule has 1 amide bonds. The van der Waals surface area contributed by atoms with E-state index in [-0.39, 0.29) is 18.3 Å². The molecule has 0 aliphatic carbocycles. The Hall–Kier alpha value is -3.27. The van der Waals surface area contributed by atoms with Gasteiger partial charge in [-0.3, -0.25) is 14.6 Å². The van der Waals surface area contributed by atoms with Crippen molar-refractivity contribution in [1.29, 1.82) is 0 Å². The number of β-amino-alcohol motifs (C(OH)–C–C–N with tert-alkyl or cyclic N) is 1. The van der Waals surface area contributed by atoms with E-state index in [9.17, 15) is 14.3 Å². The first-order valence-electron chi connectivity index (χ1n) is 13.3. The van der Waals surface area contributed by atoms with E-state index in [1.807, 2.05) is 35.0 Å². The minimum absolute atomic E-state index is 0.0224. The topological polar surface area (TPSA) is 82.9 Å². The number of nitrogens with one attached hydrogen (secondary N) is 1. The number of carbonyl (C=O) groups is 1. The van der Waals surface area contributed by atoms with Gasteiger partial charge in [-0.2, -0.15) is 5.10 Å². The Labute approximate surface area is 224 Å². The number of benzene rings is 2. The Kier molecular flexibility index (Phi) is 9.86. The zero-order chi connectivity index (χ0) is 26.9. The molecule has 1 fully saturated rings. The van der Waals surface area contributed by atoms with E-state index in [0.29, 0.717) is 31.3 Å². The summed E-state index contributed by atoms with van der Waals surface area (Å²) in [7, 11) is 0. The first-order valence-corrected chi connectivity index (χ1v) is 13.3. The zero-order valence-electron chi connectivity index (χ0n) is 22.2. The average Bonchev–Trinajstić information content (AvgIpc) is 3.31. The fourth-order valence-corrected chi connectivity index (χ4v) is 4.57. The maximum Gasteiger partial charge on any atom is 0.234 e. The summed E-state index contributed by atoms with van der Waals surface area (Å²) in [6.07, 6.45) is 0.263. The van der Waals surface area contributed by atoms with Crippen molar-refractivity contribution in [2.45, 2.75) is 32.9 Å². The Balaban J connectivity index is 1.18. The summed E-state index contributed by atoms with van der Waals surface area (Å²) >= 11 is 0. The van der Waals surface area contributed by atoms with Crippen molar-refractivity contribution in [3.05, 3.63) is 77.9 Å². The molecule has 3 aromatic rings. The molecule has 0 radical (unpaired) electrons. The normalized spacial score (nSPS) is 15.5. The summed E-state index contributed by atoms with van der Waals surface area (Å²) in [5.74, 6) is 0.688. The van der Waals surface area contributed by atoms with Crippen LogP contribution in [0, 0.1) is 11.7 Å². The van der Waals surface area contributed by atoms with Crippen LogP contribution in [0.25, 0.3) is 5.69 Å². The number of para-hydroxylation sites is 1. The number of nitrogens with zero attached hydrogens (tertiary/aromatic N) is 4. The molecule has 2 heterocycles. The summed E-state index contributed by atoms with van der Waals surface area (Å²) in [6.45, 7) is 8.77. The monoisotopic (exact) mass is 523 g/mol. The lowest BCUT2D eigenvalue weighted by Crippen LogP contribution is -2.51. The fourth-order valence-electron chi connectivity index (χ4n) is 4.57. The third-order valence-corrected chi connectivity index (χ3v) is 6.48. The maximum absolute atomic E-state index is 13.0. The van der Waals surface area contributed by atoms with Crippen LogP contribution in [0.15, 0.2) is 60.7 Å². The number of amides is 1. The number of aliphatic hydroxyl groups excluding tert-OH is 1. The summed E-state index contributed by atoms with van der Waals surface area (Å²) < 4.78 is 20.5. The number of aliphatic hydroxyl groups is 1. The highest BCUT2D eigenvalue weighted by Gasteiger charge is 2.21. The highest BCUT2D eigenvalue weighted by molar-refractivity contribution is 5.78. The minimum atomic E-state index is -0.647. The summed E-state index contributed by atoms with van der Waals surface area (Å²) in [5, 5.41) is 18.1. The van der Waals surface area contributed by atoms with Gasteiger partial charge >= 0.3 is 0 Å². The molecule has 1 aromatic heterocycles. The van der Waals surface area contributed by atoms with Gasteiger partial charge in [0.2, 0.25) is 5.91 Å². The molecule has 8 nitrogen and oxygen atoms in total. The lowest BCUT2D eigenvalue weighted by Gasteiger charge is -2.35. The fraction of sp³-hybridized carbons (Fsp3) is 0.448. The van der Waals surface area contributed by atoms with Crippen molar-refractivity contribution in [3.63, 3.8) is 0 Å². The number of aromatic nitrogens is 2. The Bertz CT molecular complexity index is 1140. The van der Waals surface area contributed by atoms with Crippen LogP contribution in [0.1, 0.15) is 25.2 Å². The largest absolute Gasteiger partial charge is 0.491 e. The van der Waals surface area contributed by atoms with E-state index >= 15 is 0 Å². The van der Waals surface area contributed by atoms with Crippen molar-refractivity contribution in [3.8, 4) is 11.4 Å². The highest BCUT2D eigenvalue weighted by Crippen LogP contribution is 2.16. The van der Waals surface area contributed by atoms with Crippen LogP contribution in [-0.2, 0) is 17.8 Å². The lowest BCUT2D eigenvalue weighted by molar-refractivity contribution is -0.122. The van der Waals surface area contributed by atoms with Crippen LogP contribution >= 0.6 is 0 Å². The molecule has 0 bridgehead atoms. The third kappa shape index (κ3) is 8.37. The molecule has 1 unspecified atom stereocenters. The van der Waals surface area contributed by atoms with Crippen LogP contribution in [0.3, 0.4) is 0 Å². The number of carbonyl (C=O) groups excluding carboxylic acids is 1. The van der Waals surface area contributed by atoms with Crippen molar-refractivity contribution in [1.82, 2.24) is 24.9 Å². The van der Waals surface area contributed by atoms with Gasteiger partial charge < -0.3 is 15.2 Å². The first kappa shape index (κ1) is 27.8. The van der Waals surface area contributed by atoms with Gasteiger partial charge in [-0.15, -0.1) is 0 Å². The van der Waals surface area contributed by atoms with E-state index < -0.39 is 6.10 Å². The standard InChI is InChI=1S/C29H38FN5O3/c1-22(2)16-26-17-24(32-35(26)25-6-4-3-5-7-25)18-31-29(37)20-34-14-12-33(13-15-34)19-27(36)21-38-28-10-8-23(30)9-11-28/h3-11,17,22,27,36H,12-16,18-21H2,1-2H3,(H,31,37). The molecule has 1 aliphatic heterocycles. The van der Waals surface area contributed by atoms with Crippen LogP contribution in [0.5, 0.6) is 5.75 Å². The number of halogens is 1. The van der Waals surface area contributed by atoms with Crippen molar-refractivity contribution >= 4 is 5.91 Å².